The molecule has 0 unspecified atom stereocenters. The Labute approximate surface area is 109 Å². The van der Waals surface area contributed by atoms with Crippen LogP contribution in [0.4, 0.5) is 0 Å². The summed E-state index contributed by atoms with van der Waals surface area (Å²) >= 11 is 1.67. The lowest BCUT2D eigenvalue weighted by atomic mass is 10.2. The molecule has 0 atom stereocenters. The second kappa shape index (κ2) is 4.80. The summed E-state index contributed by atoms with van der Waals surface area (Å²) in [6.45, 7) is 0.616. The predicted octanol–water partition coefficient (Wildman–Crippen LogP) is 2.25. The van der Waals surface area contributed by atoms with Crippen LogP contribution in [0.1, 0.15) is 5.56 Å². The molecule has 90 valence electrons. The number of thiophene rings is 1. The van der Waals surface area contributed by atoms with E-state index in [2.05, 4.69) is 21.0 Å². The first-order valence-electron chi connectivity index (χ1n) is 5.71. The van der Waals surface area contributed by atoms with Gasteiger partial charge >= 0.3 is 0 Å². The molecule has 3 aromatic heterocycles. The normalized spacial score (nSPS) is 10.9. The van der Waals surface area contributed by atoms with E-state index in [0.717, 1.165) is 27.8 Å². The summed E-state index contributed by atoms with van der Waals surface area (Å²) in [6.07, 6.45) is 6.27. The Morgan fingerprint density at radius 1 is 1.11 bits per heavy atom. The van der Waals surface area contributed by atoms with Gasteiger partial charge in [0.05, 0.1) is 10.2 Å². The van der Waals surface area contributed by atoms with Crippen molar-refractivity contribution in [3.05, 3.63) is 41.7 Å². The zero-order valence-electron chi connectivity index (χ0n) is 9.71. The van der Waals surface area contributed by atoms with Gasteiger partial charge in [-0.05, 0) is 36.0 Å². The van der Waals surface area contributed by atoms with Crippen molar-refractivity contribution in [1.29, 1.82) is 0 Å². The standard InChI is InChI=1S/C13H12N4S/c14-3-1-9-6-16-13(17-7-9)10-5-12-11(15-8-10)2-4-18-12/h2,4-8H,1,3,14H2. The summed E-state index contributed by atoms with van der Waals surface area (Å²) in [5, 5.41) is 2.03. The SMILES string of the molecule is NCCc1cnc(-c2cnc3ccsc3c2)nc1. The minimum absolute atomic E-state index is 0.616. The van der Waals surface area contributed by atoms with Crippen LogP contribution in [0.5, 0.6) is 0 Å². The molecule has 0 radical (unpaired) electrons. The third-order valence-electron chi connectivity index (χ3n) is 2.70. The number of rotatable bonds is 3. The zero-order valence-corrected chi connectivity index (χ0v) is 10.5. The third kappa shape index (κ3) is 2.10. The van der Waals surface area contributed by atoms with Gasteiger partial charge in [-0.2, -0.15) is 0 Å². The van der Waals surface area contributed by atoms with Gasteiger partial charge in [0, 0.05) is 24.2 Å². The highest BCUT2D eigenvalue weighted by molar-refractivity contribution is 7.17. The fourth-order valence-electron chi connectivity index (χ4n) is 1.77. The molecule has 5 heteroatoms. The second-order valence-electron chi connectivity index (χ2n) is 3.98. The minimum atomic E-state index is 0.616. The van der Waals surface area contributed by atoms with Gasteiger partial charge in [0.15, 0.2) is 5.82 Å². The van der Waals surface area contributed by atoms with Crippen LogP contribution in [0.2, 0.25) is 0 Å². The van der Waals surface area contributed by atoms with Gasteiger partial charge in [-0.1, -0.05) is 0 Å². The van der Waals surface area contributed by atoms with Crippen LogP contribution in [0, 0.1) is 0 Å². The van der Waals surface area contributed by atoms with Crippen LogP contribution in [-0.2, 0) is 6.42 Å². The number of pyridine rings is 1. The van der Waals surface area contributed by atoms with Gasteiger partial charge in [0.2, 0.25) is 0 Å². The first-order chi connectivity index (χ1) is 8.86. The number of hydrogen-bond donors (Lipinski definition) is 1. The first kappa shape index (κ1) is 11.3. The molecule has 3 heterocycles. The molecule has 0 fully saturated rings. The van der Waals surface area contributed by atoms with Crippen molar-refractivity contribution in [1.82, 2.24) is 15.0 Å². The summed E-state index contributed by atoms with van der Waals surface area (Å²) < 4.78 is 1.15. The Kier molecular flexibility index (Phi) is 3.00. The molecule has 2 N–H and O–H groups in total. The van der Waals surface area contributed by atoms with Crippen molar-refractivity contribution in [2.24, 2.45) is 5.73 Å². The number of aromatic nitrogens is 3. The number of fused-ring (bicyclic) bond motifs is 1. The molecular weight excluding hydrogens is 244 g/mol. The van der Waals surface area contributed by atoms with Crippen LogP contribution in [0.25, 0.3) is 21.6 Å². The molecule has 3 rings (SSSR count). The fraction of sp³-hybridized carbons (Fsp3) is 0.154. The largest absolute Gasteiger partial charge is 0.330 e. The molecule has 0 saturated carbocycles. The fourth-order valence-corrected chi connectivity index (χ4v) is 2.55. The van der Waals surface area contributed by atoms with Gasteiger partial charge < -0.3 is 5.73 Å². The van der Waals surface area contributed by atoms with Gasteiger partial charge in [0.25, 0.3) is 0 Å². The van der Waals surface area contributed by atoms with Gasteiger partial charge in [-0.3, -0.25) is 4.98 Å². The maximum Gasteiger partial charge on any atom is 0.160 e. The topological polar surface area (TPSA) is 64.7 Å². The molecule has 0 aliphatic heterocycles. The van der Waals surface area contributed by atoms with Gasteiger partial charge in [0.1, 0.15) is 0 Å². The summed E-state index contributed by atoms with van der Waals surface area (Å²) in [5.41, 5.74) is 8.52. The molecule has 0 spiro atoms. The van der Waals surface area contributed by atoms with Crippen LogP contribution in [0.15, 0.2) is 36.1 Å². The zero-order chi connectivity index (χ0) is 12.4. The van der Waals surface area contributed by atoms with E-state index >= 15 is 0 Å². The number of nitrogens with zero attached hydrogens (tertiary/aromatic N) is 3. The average Bonchev–Trinajstić information content (AvgIpc) is 2.87. The van der Waals surface area contributed by atoms with E-state index in [1.807, 2.05) is 30.0 Å². The maximum atomic E-state index is 5.50. The van der Waals surface area contributed by atoms with E-state index < -0.39 is 0 Å². The van der Waals surface area contributed by atoms with Crippen molar-refractivity contribution in [2.45, 2.75) is 6.42 Å². The quantitative estimate of drug-likeness (QED) is 0.780. The molecule has 3 aromatic rings. The molecule has 0 aliphatic rings. The monoisotopic (exact) mass is 256 g/mol. The summed E-state index contributed by atoms with van der Waals surface area (Å²) in [6, 6.07) is 4.08. The molecule has 0 saturated heterocycles. The maximum absolute atomic E-state index is 5.50. The Balaban J connectivity index is 1.97. The summed E-state index contributed by atoms with van der Waals surface area (Å²) in [4.78, 5) is 13.1. The highest BCUT2D eigenvalue weighted by atomic mass is 32.1. The molecular formula is C13H12N4S. The van der Waals surface area contributed by atoms with Gasteiger partial charge in [-0.15, -0.1) is 11.3 Å². The smallest absolute Gasteiger partial charge is 0.160 e. The van der Waals surface area contributed by atoms with Crippen molar-refractivity contribution in [3.63, 3.8) is 0 Å². The van der Waals surface area contributed by atoms with Crippen LogP contribution in [-0.4, -0.2) is 21.5 Å². The van der Waals surface area contributed by atoms with Crippen molar-refractivity contribution >= 4 is 21.6 Å². The van der Waals surface area contributed by atoms with E-state index in [0.29, 0.717) is 12.4 Å². The Bertz CT molecular complexity index is 660. The molecule has 18 heavy (non-hydrogen) atoms. The van der Waals surface area contributed by atoms with E-state index in [4.69, 9.17) is 5.73 Å². The lowest BCUT2D eigenvalue weighted by Crippen LogP contribution is -2.03. The number of hydrogen-bond acceptors (Lipinski definition) is 5. The molecule has 0 amide bonds. The average molecular weight is 256 g/mol. The van der Waals surface area contributed by atoms with Crippen LogP contribution < -0.4 is 5.73 Å². The summed E-state index contributed by atoms with van der Waals surface area (Å²) in [5.74, 6) is 0.707. The van der Waals surface area contributed by atoms with E-state index in [1.54, 1.807) is 11.3 Å². The highest BCUT2D eigenvalue weighted by Crippen LogP contribution is 2.23. The first-order valence-corrected chi connectivity index (χ1v) is 6.59. The van der Waals surface area contributed by atoms with E-state index in [9.17, 15) is 0 Å². The second-order valence-corrected chi connectivity index (χ2v) is 4.93. The van der Waals surface area contributed by atoms with Crippen LogP contribution in [0.3, 0.4) is 0 Å². The molecule has 0 aromatic carbocycles. The molecule has 4 nitrogen and oxygen atoms in total. The van der Waals surface area contributed by atoms with Gasteiger partial charge in [-0.25, -0.2) is 9.97 Å². The number of nitrogens with two attached hydrogens (primary N) is 1. The van der Waals surface area contributed by atoms with Crippen molar-refractivity contribution in [3.8, 4) is 11.4 Å². The van der Waals surface area contributed by atoms with Crippen molar-refractivity contribution < 1.29 is 0 Å². The molecule has 0 bridgehead atoms. The third-order valence-corrected chi connectivity index (χ3v) is 3.55. The highest BCUT2D eigenvalue weighted by Gasteiger charge is 2.04. The Hall–Kier alpha value is -1.85. The molecule has 0 aliphatic carbocycles. The van der Waals surface area contributed by atoms with E-state index in [-0.39, 0.29) is 0 Å². The van der Waals surface area contributed by atoms with E-state index in [1.165, 1.54) is 0 Å². The Morgan fingerprint density at radius 2 is 1.94 bits per heavy atom. The van der Waals surface area contributed by atoms with Crippen molar-refractivity contribution in [2.75, 3.05) is 6.54 Å². The van der Waals surface area contributed by atoms with Crippen LogP contribution >= 0.6 is 11.3 Å². The summed E-state index contributed by atoms with van der Waals surface area (Å²) in [7, 11) is 0. The Morgan fingerprint density at radius 3 is 2.72 bits per heavy atom. The minimum Gasteiger partial charge on any atom is -0.330 e. The predicted molar refractivity (Wildman–Crippen MR) is 73.4 cm³/mol. The lowest BCUT2D eigenvalue weighted by molar-refractivity contribution is 0.943. The lowest BCUT2D eigenvalue weighted by Gasteiger charge is -2.01.